The molecule has 0 saturated heterocycles. The molecule has 0 atom stereocenters. The van der Waals surface area contributed by atoms with Gasteiger partial charge in [0.05, 0.1) is 10.0 Å². The van der Waals surface area contributed by atoms with Crippen LogP contribution in [-0.2, 0) is 13.0 Å². The highest BCUT2D eigenvalue weighted by Gasteiger charge is 2.14. The van der Waals surface area contributed by atoms with Gasteiger partial charge in [-0.25, -0.2) is 4.98 Å². The molecule has 19 heavy (non-hydrogen) atoms. The highest BCUT2D eigenvalue weighted by molar-refractivity contribution is 7.71. The van der Waals surface area contributed by atoms with Crippen molar-refractivity contribution in [1.82, 2.24) is 15.3 Å². The number of nitrogens with zero attached hydrogens (tertiary/aromatic N) is 1. The van der Waals surface area contributed by atoms with Gasteiger partial charge in [0, 0.05) is 36.3 Å². The van der Waals surface area contributed by atoms with Gasteiger partial charge in [-0.1, -0.05) is 35.4 Å². The minimum absolute atomic E-state index is 0.514. The van der Waals surface area contributed by atoms with Gasteiger partial charge in [0.15, 0.2) is 0 Å². The molecule has 0 radical (unpaired) electrons. The lowest BCUT2D eigenvalue weighted by Gasteiger charge is -2.17. The van der Waals surface area contributed by atoms with E-state index < -0.39 is 0 Å². The van der Waals surface area contributed by atoms with Gasteiger partial charge in [-0.15, -0.1) is 0 Å². The van der Waals surface area contributed by atoms with Gasteiger partial charge in [-0.2, -0.15) is 0 Å². The molecule has 1 aliphatic rings. The van der Waals surface area contributed by atoms with E-state index in [9.17, 15) is 0 Å². The number of fused-ring (bicyclic) bond motifs is 1. The second-order valence-electron chi connectivity index (χ2n) is 4.40. The first-order valence-electron chi connectivity index (χ1n) is 5.93. The van der Waals surface area contributed by atoms with Crippen molar-refractivity contribution in [2.75, 3.05) is 6.54 Å². The molecular formula is C13H11Cl2N3S. The summed E-state index contributed by atoms with van der Waals surface area (Å²) in [6.07, 6.45) is 0.926. The van der Waals surface area contributed by atoms with E-state index in [0.29, 0.717) is 14.7 Å². The Morgan fingerprint density at radius 3 is 2.84 bits per heavy atom. The number of hydrogen-bond donors (Lipinski definition) is 2. The van der Waals surface area contributed by atoms with Crippen LogP contribution in [0.1, 0.15) is 11.3 Å². The van der Waals surface area contributed by atoms with Crippen LogP contribution in [0.15, 0.2) is 18.2 Å². The van der Waals surface area contributed by atoms with Crippen LogP contribution in [0.4, 0.5) is 0 Å². The molecule has 1 aromatic carbocycles. The lowest BCUT2D eigenvalue weighted by Crippen LogP contribution is -2.25. The molecule has 2 N–H and O–H groups in total. The average molecular weight is 312 g/mol. The van der Waals surface area contributed by atoms with Crippen molar-refractivity contribution in [2.24, 2.45) is 0 Å². The smallest absolute Gasteiger partial charge is 0.139 e. The molecule has 1 aliphatic heterocycles. The molecule has 0 saturated carbocycles. The van der Waals surface area contributed by atoms with Crippen molar-refractivity contribution < 1.29 is 0 Å². The Morgan fingerprint density at radius 1 is 1.21 bits per heavy atom. The van der Waals surface area contributed by atoms with Crippen molar-refractivity contribution in [3.63, 3.8) is 0 Å². The number of aromatic nitrogens is 2. The highest BCUT2D eigenvalue weighted by Crippen LogP contribution is 2.27. The third-order valence-corrected chi connectivity index (χ3v) is 4.23. The molecular weight excluding hydrogens is 301 g/mol. The number of nitrogens with one attached hydrogen (secondary N) is 2. The Morgan fingerprint density at radius 2 is 2.05 bits per heavy atom. The van der Waals surface area contributed by atoms with Gasteiger partial charge >= 0.3 is 0 Å². The lowest BCUT2D eigenvalue weighted by molar-refractivity contribution is 0.624. The van der Waals surface area contributed by atoms with Crippen LogP contribution < -0.4 is 5.32 Å². The largest absolute Gasteiger partial charge is 0.343 e. The molecule has 2 heterocycles. The van der Waals surface area contributed by atoms with Crippen LogP contribution >= 0.6 is 35.4 Å². The quantitative estimate of drug-likeness (QED) is 0.788. The van der Waals surface area contributed by atoms with Crippen LogP contribution in [0.2, 0.25) is 10.0 Å². The number of hydrogen-bond acceptors (Lipinski definition) is 3. The van der Waals surface area contributed by atoms with Crippen LogP contribution in [0.3, 0.4) is 0 Å². The maximum atomic E-state index is 6.04. The fourth-order valence-corrected chi connectivity index (χ4v) is 2.73. The maximum absolute atomic E-state index is 6.04. The summed E-state index contributed by atoms with van der Waals surface area (Å²) in [7, 11) is 0. The second-order valence-corrected chi connectivity index (χ2v) is 5.60. The summed E-state index contributed by atoms with van der Waals surface area (Å²) < 4.78 is 0.641. The van der Waals surface area contributed by atoms with Gasteiger partial charge in [-0.05, 0) is 18.2 Å². The van der Waals surface area contributed by atoms with E-state index in [4.69, 9.17) is 35.4 Å². The topological polar surface area (TPSA) is 40.7 Å². The molecule has 3 nitrogen and oxygen atoms in total. The zero-order valence-corrected chi connectivity index (χ0v) is 12.3. The number of halogens is 2. The van der Waals surface area contributed by atoms with E-state index in [1.165, 1.54) is 0 Å². The lowest BCUT2D eigenvalue weighted by atomic mass is 10.1. The standard InChI is InChI=1S/C13H11Cl2N3S/c14-9-2-1-7(5-10(9)15)12-17-11-3-4-16-6-8(11)13(19)18-12/h1-2,5,16H,3-4,6H2,(H,17,18,19). The highest BCUT2D eigenvalue weighted by atomic mass is 35.5. The molecule has 0 bridgehead atoms. The fourth-order valence-electron chi connectivity index (χ4n) is 2.15. The van der Waals surface area contributed by atoms with Crippen molar-refractivity contribution >= 4 is 35.4 Å². The number of aromatic amines is 1. The summed E-state index contributed by atoms with van der Waals surface area (Å²) in [5.41, 5.74) is 3.13. The third kappa shape index (κ3) is 2.54. The van der Waals surface area contributed by atoms with Gasteiger partial charge in [0.1, 0.15) is 10.5 Å². The molecule has 6 heteroatoms. The normalized spacial score (nSPS) is 14.2. The van der Waals surface area contributed by atoms with Gasteiger partial charge < -0.3 is 10.3 Å². The number of rotatable bonds is 1. The molecule has 98 valence electrons. The van der Waals surface area contributed by atoms with E-state index in [-0.39, 0.29) is 0 Å². The fraction of sp³-hybridized carbons (Fsp3) is 0.231. The summed E-state index contributed by atoms with van der Waals surface area (Å²) in [5.74, 6) is 0.740. The second kappa shape index (κ2) is 5.21. The zero-order valence-electron chi connectivity index (χ0n) is 9.96. The first-order valence-corrected chi connectivity index (χ1v) is 7.10. The SMILES string of the molecule is S=c1nc(-c2ccc(Cl)c(Cl)c2)[nH]c2c1CNCC2. The predicted octanol–water partition coefficient (Wildman–Crippen LogP) is 3.76. The summed E-state index contributed by atoms with van der Waals surface area (Å²) in [6, 6.07) is 5.44. The summed E-state index contributed by atoms with van der Waals surface area (Å²) in [6.45, 7) is 1.72. The van der Waals surface area contributed by atoms with Gasteiger partial charge in [-0.3, -0.25) is 0 Å². The van der Waals surface area contributed by atoms with Crippen molar-refractivity contribution in [2.45, 2.75) is 13.0 Å². The molecule has 0 aliphatic carbocycles. The minimum Gasteiger partial charge on any atom is -0.343 e. The molecule has 2 aromatic rings. The number of H-pyrrole nitrogens is 1. The molecule has 0 spiro atoms. The van der Waals surface area contributed by atoms with Crippen molar-refractivity contribution in [1.29, 1.82) is 0 Å². The molecule has 0 amide bonds. The summed E-state index contributed by atoms with van der Waals surface area (Å²) in [4.78, 5) is 7.79. The first kappa shape index (κ1) is 13.1. The third-order valence-electron chi connectivity index (χ3n) is 3.15. The first-order chi connectivity index (χ1) is 9.15. The van der Waals surface area contributed by atoms with E-state index in [1.807, 2.05) is 6.07 Å². The summed E-state index contributed by atoms with van der Waals surface area (Å²) >= 11 is 17.3. The van der Waals surface area contributed by atoms with Crippen LogP contribution in [0.25, 0.3) is 11.4 Å². The Bertz CT molecular complexity index is 697. The van der Waals surface area contributed by atoms with Crippen LogP contribution in [0.5, 0.6) is 0 Å². The van der Waals surface area contributed by atoms with E-state index in [0.717, 1.165) is 42.2 Å². The average Bonchev–Trinajstić information content (AvgIpc) is 2.42. The minimum atomic E-state index is 0.514. The molecule has 1 aromatic heterocycles. The molecule has 0 fully saturated rings. The Hall–Kier alpha value is -0.940. The Balaban J connectivity index is 2.12. The predicted molar refractivity (Wildman–Crippen MR) is 80.3 cm³/mol. The Kier molecular flexibility index (Phi) is 3.58. The van der Waals surface area contributed by atoms with Crippen molar-refractivity contribution in [3.8, 4) is 11.4 Å². The van der Waals surface area contributed by atoms with E-state index in [2.05, 4.69) is 15.3 Å². The summed E-state index contributed by atoms with van der Waals surface area (Å²) in [5, 5.41) is 4.34. The molecule has 0 unspecified atom stereocenters. The Labute approximate surface area is 126 Å². The zero-order chi connectivity index (χ0) is 13.4. The van der Waals surface area contributed by atoms with Crippen LogP contribution in [-0.4, -0.2) is 16.5 Å². The van der Waals surface area contributed by atoms with Crippen molar-refractivity contribution in [3.05, 3.63) is 44.1 Å². The number of benzene rings is 1. The van der Waals surface area contributed by atoms with E-state index in [1.54, 1.807) is 12.1 Å². The maximum Gasteiger partial charge on any atom is 0.139 e. The van der Waals surface area contributed by atoms with Crippen LogP contribution in [0, 0.1) is 4.64 Å². The monoisotopic (exact) mass is 311 g/mol. The molecule has 3 rings (SSSR count). The van der Waals surface area contributed by atoms with Gasteiger partial charge in [0.25, 0.3) is 0 Å². The van der Waals surface area contributed by atoms with E-state index >= 15 is 0 Å². The van der Waals surface area contributed by atoms with Gasteiger partial charge in [0.2, 0.25) is 0 Å².